The summed E-state index contributed by atoms with van der Waals surface area (Å²) in [5.74, 6) is -3.39. The number of halogens is 5. The third-order valence-corrected chi connectivity index (χ3v) is 5.58. The van der Waals surface area contributed by atoms with Crippen LogP contribution in [0, 0.1) is 5.41 Å². The Bertz CT molecular complexity index is 927. The average Bonchev–Trinajstić information content (AvgIpc) is 3.04. The van der Waals surface area contributed by atoms with Crippen molar-refractivity contribution in [2.45, 2.75) is 44.1 Å². The number of amides is 1. The van der Waals surface area contributed by atoms with Gasteiger partial charge in [-0.25, -0.2) is 8.78 Å². The third kappa shape index (κ3) is 3.50. The molecule has 1 spiro atoms. The number of rotatable bonds is 4. The van der Waals surface area contributed by atoms with Crippen LogP contribution in [0.3, 0.4) is 0 Å². The van der Waals surface area contributed by atoms with E-state index in [0.29, 0.717) is 0 Å². The fourth-order valence-corrected chi connectivity index (χ4v) is 3.71. The van der Waals surface area contributed by atoms with E-state index in [2.05, 4.69) is 15.5 Å². The summed E-state index contributed by atoms with van der Waals surface area (Å²) >= 11 is 0. The molecule has 0 aromatic carbocycles. The molecule has 8 nitrogen and oxygen atoms in total. The molecule has 3 atom stereocenters. The van der Waals surface area contributed by atoms with Gasteiger partial charge in [-0.1, -0.05) is 5.10 Å². The van der Waals surface area contributed by atoms with Crippen molar-refractivity contribution in [3.8, 4) is 0 Å². The number of aliphatic hydroxyl groups is 1. The highest BCUT2D eigenvalue weighted by Gasteiger charge is 2.73. The molecule has 2 fully saturated rings. The largest absolute Gasteiger partial charge is 0.430 e. The van der Waals surface area contributed by atoms with Gasteiger partial charge in [0, 0.05) is 19.5 Å². The summed E-state index contributed by atoms with van der Waals surface area (Å²) in [6.07, 6.45) is -4.62. The monoisotopic (exact) mass is 435 g/mol. The molecule has 1 amide bonds. The van der Waals surface area contributed by atoms with Crippen molar-refractivity contribution in [3.05, 3.63) is 23.7 Å². The Balaban J connectivity index is 1.40. The maximum absolute atomic E-state index is 13.5. The second kappa shape index (κ2) is 6.65. The second-order valence-corrected chi connectivity index (χ2v) is 7.70. The SMILES string of the molecule is CC(Nc1nnc(C2=CC=C(C(F)(F)F)NC2O)o1)C(=O)N1CCC2(C1)CC2(F)F. The highest BCUT2D eigenvalue weighted by molar-refractivity contribution is 5.84. The lowest BCUT2D eigenvalue weighted by atomic mass is 10.1. The fourth-order valence-electron chi connectivity index (χ4n) is 3.71. The summed E-state index contributed by atoms with van der Waals surface area (Å²) in [6, 6.07) is -1.06. The Hall–Kier alpha value is -2.70. The van der Waals surface area contributed by atoms with E-state index in [0.717, 1.165) is 12.2 Å². The molecule has 164 valence electrons. The molecule has 1 saturated carbocycles. The van der Waals surface area contributed by atoms with E-state index < -0.39 is 41.4 Å². The van der Waals surface area contributed by atoms with Crippen LogP contribution in [0.4, 0.5) is 28.0 Å². The summed E-state index contributed by atoms with van der Waals surface area (Å²) in [5, 5.41) is 21.7. The van der Waals surface area contributed by atoms with Gasteiger partial charge in [-0.15, -0.1) is 5.10 Å². The first-order valence-corrected chi connectivity index (χ1v) is 9.13. The van der Waals surface area contributed by atoms with Crippen LogP contribution in [0.15, 0.2) is 22.3 Å². The van der Waals surface area contributed by atoms with Crippen molar-refractivity contribution in [1.82, 2.24) is 20.4 Å². The zero-order chi connectivity index (χ0) is 21.9. The van der Waals surface area contributed by atoms with Crippen molar-refractivity contribution in [2.75, 3.05) is 18.4 Å². The summed E-state index contributed by atoms with van der Waals surface area (Å²) in [7, 11) is 0. The van der Waals surface area contributed by atoms with Gasteiger partial charge in [0.05, 0.1) is 11.0 Å². The molecule has 4 rings (SSSR count). The van der Waals surface area contributed by atoms with Gasteiger partial charge in [0.25, 0.3) is 5.92 Å². The van der Waals surface area contributed by atoms with Crippen LogP contribution in [-0.4, -0.2) is 63.6 Å². The second-order valence-electron chi connectivity index (χ2n) is 7.70. The predicted octanol–water partition coefficient (Wildman–Crippen LogP) is 1.88. The maximum atomic E-state index is 13.5. The minimum Gasteiger partial charge on any atom is -0.404 e. The Kier molecular flexibility index (Phi) is 4.56. The first-order valence-electron chi connectivity index (χ1n) is 9.13. The molecule has 3 heterocycles. The van der Waals surface area contributed by atoms with E-state index in [9.17, 15) is 31.9 Å². The quantitative estimate of drug-likeness (QED) is 0.621. The van der Waals surface area contributed by atoms with Gasteiger partial charge in [0.2, 0.25) is 11.8 Å². The van der Waals surface area contributed by atoms with Gasteiger partial charge in [-0.2, -0.15) is 13.2 Å². The lowest BCUT2D eigenvalue weighted by Crippen LogP contribution is -2.40. The number of hydrogen-bond acceptors (Lipinski definition) is 7. The molecular weight excluding hydrogens is 417 g/mol. The van der Waals surface area contributed by atoms with E-state index in [1.807, 2.05) is 5.32 Å². The number of hydrogen-bond donors (Lipinski definition) is 3. The number of alkyl halides is 5. The van der Waals surface area contributed by atoms with Gasteiger partial charge >= 0.3 is 12.2 Å². The Labute approximate surface area is 166 Å². The summed E-state index contributed by atoms with van der Waals surface area (Å²) in [5.41, 5.74) is -2.32. The number of aromatic nitrogens is 2. The molecule has 13 heteroatoms. The molecular formula is C17H18F5N5O3. The molecule has 1 saturated heterocycles. The van der Waals surface area contributed by atoms with Crippen molar-refractivity contribution in [2.24, 2.45) is 5.41 Å². The van der Waals surface area contributed by atoms with Gasteiger partial charge in [0.1, 0.15) is 11.7 Å². The lowest BCUT2D eigenvalue weighted by Gasteiger charge is -2.22. The van der Waals surface area contributed by atoms with E-state index >= 15 is 0 Å². The van der Waals surface area contributed by atoms with E-state index in [1.165, 1.54) is 11.8 Å². The van der Waals surface area contributed by atoms with E-state index in [4.69, 9.17) is 4.42 Å². The molecule has 1 aliphatic carbocycles. The lowest BCUT2D eigenvalue weighted by molar-refractivity contribution is -0.131. The number of nitrogens with zero attached hydrogens (tertiary/aromatic N) is 3. The van der Waals surface area contributed by atoms with Crippen LogP contribution in [-0.2, 0) is 4.79 Å². The first-order chi connectivity index (χ1) is 13.9. The van der Waals surface area contributed by atoms with Crippen molar-refractivity contribution < 1.29 is 36.3 Å². The normalized spacial score (nSPS) is 28.6. The van der Waals surface area contributed by atoms with Gasteiger partial charge in [-0.05, 0) is 25.5 Å². The van der Waals surface area contributed by atoms with Crippen LogP contribution in [0.1, 0.15) is 25.7 Å². The maximum Gasteiger partial charge on any atom is 0.430 e. The molecule has 3 N–H and O–H groups in total. The number of carbonyl (C=O) groups is 1. The van der Waals surface area contributed by atoms with Gasteiger partial charge < -0.3 is 25.1 Å². The number of likely N-dealkylation sites (tertiary alicyclic amines) is 1. The topological polar surface area (TPSA) is 104 Å². The highest BCUT2D eigenvalue weighted by atomic mass is 19.4. The summed E-state index contributed by atoms with van der Waals surface area (Å²) in [4.78, 5) is 13.9. The van der Waals surface area contributed by atoms with Crippen LogP contribution in [0.5, 0.6) is 0 Å². The summed E-state index contributed by atoms with van der Waals surface area (Å²) < 4.78 is 70.3. The number of carbonyl (C=O) groups excluding carboxylic acids is 1. The Morgan fingerprint density at radius 2 is 2.10 bits per heavy atom. The standard InChI is InChI=1S/C17H18F5N5O3/c1-8(13(29)27-5-4-15(7-27)6-16(15,18)19)23-14-26-25-12(30-14)9-2-3-10(17(20,21)22)24-11(9)28/h2-3,8,11,24,28H,4-7H2,1H3,(H,23,26). The number of allylic oxidation sites excluding steroid dienone is 3. The van der Waals surface area contributed by atoms with E-state index in [1.54, 1.807) is 0 Å². The molecule has 1 aromatic heterocycles. The molecule has 2 aliphatic heterocycles. The summed E-state index contributed by atoms with van der Waals surface area (Å²) in [6.45, 7) is 1.71. The number of aliphatic hydroxyl groups excluding tert-OH is 1. The number of dihydropyridines is 1. The minimum absolute atomic E-state index is 0.0153. The molecule has 3 unspecified atom stereocenters. The predicted molar refractivity (Wildman–Crippen MR) is 91.8 cm³/mol. The number of nitrogens with one attached hydrogen (secondary N) is 2. The number of anilines is 1. The minimum atomic E-state index is -4.65. The molecule has 1 aromatic rings. The van der Waals surface area contributed by atoms with Crippen molar-refractivity contribution in [1.29, 1.82) is 0 Å². The Morgan fingerprint density at radius 3 is 2.67 bits per heavy atom. The van der Waals surface area contributed by atoms with Crippen molar-refractivity contribution >= 4 is 17.5 Å². The van der Waals surface area contributed by atoms with Crippen LogP contribution >= 0.6 is 0 Å². The van der Waals surface area contributed by atoms with E-state index in [-0.39, 0.29) is 43.4 Å². The third-order valence-electron chi connectivity index (χ3n) is 5.58. The molecule has 0 radical (unpaired) electrons. The van der Waals surface area contributed by atoms with Crippen LogP contribution < -0.4 is 10.6 Å². The van der Waals surface area contributed by atoms with Gasteiger partial charge in [-0.3, -0.25) is 4.79 Å². The van der Waals surface area contributed by atoms with Gasteiger partial charge in [0.15, 0.2) is 6.23 Å². The highest BCUT2D eigenvalue weighted by Crippen LogP contribution is 2.65. The van der Waals surface area contributed by atoms with Crippen molar-refractivity contribution in [3.63, 3.8) is 0 Å². The van der Waals surface area contributed by atoms with Crippen LogP contribution in [0.2, 0.25) is 0 Å². The van der Waals surface area contributed by atoms with Crippen LogP contribution in [0.25, 0.3) is 5.57 Å². The molecule has 3 aliphatic rings. The smallest absolute Gasteiger partial charge is 0.404 e. The fraction of sp³-hybridized carbons (Fsp3) is 0.588. The Morgan fingerprint density at radius 1 is 1.40 bits per heavy atom. The molecule has 30 heavy (non-hydrogen) atoms. The average molecular weight is 435 g/mol. The zero-order valence-corrected chi connectivity index (χ0v) is 15.6. The zero-order valence-electron chi connectivity index (χ0n) is 15.6. The first kappa shape index (κ1) is 20.6. The molecule has 0 bridgehead atoms.